The molecule has 0 fully saturated rings. The predicted octanol–water partition coefficient (Wildman–Crippen LogP) is 2.41. The Morgan fingerprint density at radius 2 is 1.75 bits per heavy atom. The Balaban J connectivity index is 1.94. The number of nitrogens with one attached hydrogen (secondary N) is 2. The fraction of sp³-hybridized carbons (Fsp3) is 0.222. The SMILES string of the molecule is COC(=O)C(Cc1ccccc1)NC(=O)NCc1ccccc1F. The van der Waals surface area contributed by atoms with Gasteiger partial charge in [-0.25, -0.2) is 14.0 Å². The van der Waals surface area contributed by atoms with Crippen LogP contribution in [0.2, 0.25) is 0 Å². The lowest BCUT2D eigenvalue weighted by atomic mass is 10.1. The van der Waals surface area contributed by atoms with Gasteiger partial charge in [-0.3, -0.25) is 0 Å². The Labute approximate surface area is 139 Å². The average molecular weight is 330 g/mol. The van der Waals surface area contributed by atoms with Crippen LogP contribution in [0, 0.1) is 5.82 Å². The summed E-state index contributed by atoms with van der Waals surface area (Å²) in [5, 5.41) is 5.10. The largest absolute Gasteiger partial charge is 0.467 e. The quantitative estimate of drug-likeness (QED) is 0.799. The number of urea groups is 1. The van der Waals surface area contributed by atoms with E-state index in [2.05, 4.69) is 10.6 Å². The number of carbonyl (C=O) groups is 2. The molecule has 0 radical (unpaired) electrons. The zero-order chi connectivity index (χ0) is 17.4. The van der Waals surface area contributed by atoms with Crippen molar-refractivity contribution in [1.82, 2.24) is 10.6 Å². The van der Waals surface area contributed by atoms with E-state index in [-0.39, 0.29) is 6.54 Å². The second-order valence-corrected chi connectivity index (χ2v) is 5.18. The highest BCUT2D eigenvalue weighted by molar-refractivity contribution is 5.83. The molecule has 2 N–H and O–H groups in total. The van der Waals surface area contributed by atoms with Crippen molar-refractivity contribution in [2.24, 2.45) is 0 Å². The Bertz CT molecular complexity index is 692. The first kappa shape index (κ1) is 17.5. The summed E-state index contributed by atoms with van der Waals surface area (Å²) in [5.74, 6) is -0.938. The van der Waals surface area contributed by atoms with E-state index in [1.165, 1.54) is 13.2 Å². The van der Waals surface area contributed by atoms with E-state index in [0.29, 0.717) is 12.0 Å². The van der Waals surface area contributed by atoms with Crippen molar-refractivity contribution in [1.29, 1.82) is 0 Å². The molecule has 0 heterocycles. The topological polar surface area (TPSA) is 67.4 Å². The third kappa shape index (κ3) is 5.08. The number of methoxy groups -OCH3 is 1. The van der Waals surface area contributed by atoms with Gasteiger partial charge in [0.25, 0.3) is 0 Å². The molecule has 0 spiro atoms. The normalized spacial score (nSPS) is 11.4. The Hall–Kier alpha value is -2.89. The molecule has 1 unspecified atom stereocenters. The standard InChI is InChI=1S/C18H19FN2O3/c1-24-17(22)16(11-13-7-3-2-4-8-13)21-18(23)20-12-14-9-5-6-10-15(14)19/h2-10,16H,11-12H2,1H3,(H2,20,21,23). The molecule has 0 saturated heterocycles. The van der Waals surface area contributed by atoms with Crippen molar-refractivity contribution in [3.8, 4) is 0 Å². The number of amides is 2. The lowest BCUT2D eigenvalue weighted by molar-refractivity contribution is -0.142. The van der Waals surface area contributed by atoms with E-state index >= 15 is 0 Å². The number of hydrogen-bond acceptors (Lipinski definition) is 3. The van der Waals surface area contributed by atoms with Crippen molar-refractivity contribution in [3.05, 3.63) is 71.5 Å². The zero-order valence-electron chi connectivity index (χ0n) is 13.3. The molecule has 0 aliphatic carbocycles. The van der Waals surface area contributed by atoms with Crippen molar-refractivity contribution < 1.29 is 18.7 Å². The van der Waals surface area contributed by atoms with Crippen LogP contribution in [0.25, 0.3) is 0 Å². The number of esters is 1. The molecule has 2 amide bonds. The Morgan fingerprint density at radius 3 is 2.42 bits per heavy atom. The number of carbonyl (C=O) groups excluding carboxylic acids is 2. The first-order chi connectivity index (χ1) is 11.6. The summed E-state index contributed by atoms with van der Waals surface area (Å²) >= 11 is 0. The number of benzene rings is 2. The van der Waals surface area contributed by atoms with Crippen LogP contribution in [0.1, 0.15) is 11.1 Å². The van der Waals surface area contributed by atoms with Gasteiger partial charge in [0.2, 0.25) is 0 Å². The molecular weight excluding hydrogens is 311 g/mol. The molecule has 0 aliphatic heterocycles. The summed E-state index contributed by atoms with van der Waals surface area (Å²) in [5.41, 5.74) is 1.26. The monoisotopic (exact) mass is 330 g/mol. The van der Waals surface area contributed by atoms with Gasteiger partial charge in [-0.05, 0) is 11.6 Å². The van der Waals surface area contributed by atoms with Gasteiger partial charge in [0.1, 0.15) is 11.9 Å². The van der Waals surface area contributed by atoms with Gasteiger partial charge in [0, 0.05) is 18.5 Å². The van der Waals surface area contributed by atoms with Crippen LogP contribution in [-0.2, 0) is 22.5 Å². The van der Waals surface area contributed by atoms with Crippen molar-refractivity contribution >= 4 is 12.0 Å². The highest BCUT2D eigenvalue weighted by Gasteiger charge is 2.21. The highest BCUT2D eigenvalue weighted by Crippen LogP contribution is 2.06. The molecule has 5 nitrogen and oxygen atoms in total. The van der Waals surface area contributed by atoms with Gasteiger partial charge < -0.3 is 15.4 Å². The van der Waals surface area contributed by atoms with E-state index in [9.17, 15) is 14.0 Å². The number of ether oxygens (including phenoxy) is 1. The third-order valence-electron chi connectivity index (χ3n) is 3.47. The molecule has 1 atom stereocenters. The zero-order valence-corrected chi connectivity index (χ0v) is 13.3. The minimum absolute atomic E-state index is 0.0255. The maximum Gasteiger partial charge on any atom is 0.328 e. The van der Waals surface area contributed by atoms with Crippen LogP contribution in [0.5, 0.6) is 0 Å². The molecule has 6 heteroatoms. The van der Waals surface area contributed by atoms with E-state index in [1.807, 2.05) is 30.3 Å². The predicted molar refractivity (Wildman–Crippen MR) is 87.7 cm³/mol. The summed E-state index contributed by atoms with van der Waals surface area (Å²) < 4.78 is 18.3. The van der Waals surface area contributed by atoms with Gasteiger partial charge in [-0.1, -0.05) is 48.5 Å². The van der Waals surface area contributed by atoms with E-state index in [1.54, 1.807) is 18.2 Å². The molecule has 24 heavy (non-hydrogen) atoms. The summed E-state index contributed by atoms with van der Waals surface area (Å²) in [6.45, 7) is 0.0255. The second kappa shape index (κ2) is 8.67. The minimum Gasteiger partial charge on any atom is -0.467 e. The van der Waals surface area contributed by atoms with Crippen molar-refractivity contribution in [2.45, 2.75) is 19.0 Å². The van der Waals surface area contributed by atoms with E-state index < -0.39 is 23.9 Å². The summed E-state index contributed by atoms with van der Waals surface area (Å²) in [6.07, 6.45) is 0.306. The van der Waals surface area contributed by atoms with Crippen LogP contribution < -0.4 is 10.6 Å². The molecular formula is C18H19FN2O3. The van der Waals surface area contributed by atoms with Crippen LogP contribution in [0.4, 0.5) is 9.18 Å². The first-order valence-electron chi connectivity index (χ1n) is 7.49. The Morgan fingerprint density at radius 1 is 1.08 bits per heavy atom. The highest BCUT2D eigenvalue weighted by atomic mass is 19.1. The molecule has 2 aromatic carbocycles. The van der Waals surface area contributed by atoms with Gasteiger partial charge in [0.05, 0.1) is 7.11 Å². The molecule has 0 saturated carbocycles. The molecule has 0 bridgehead atoms. The van der Waals surface area contributed by atoms with Gasteiger partial charge in [-0.2, -0.15) is 0 Å². The Kier molecular flexibility index (Phi) is 6.31. The molecule has 2 rings (SSSR count). The first-order valence-corrected chi connectivity index (χ1v) is 7.49. The van der Waals surface area contributed by atoms with Gasteiger partial charge in [-0.15, -0.1) is 0 Å². The third-order valence-corrected chi connectivity index (χ3v) is 3.47. The number of halogens is 1. The lowest BCUT2D eigenvalue weighted by Gasteiger charge is -2.17. The van der Waals surface area contributed by atoms with E-state index in [4.69, 9.17) is 4.74 Å². The maximum atomic E-state index is 13.5. The van der Waals surface area contributed by atoms with Crippen LogP contribution in [-0.4, -0.2) is 25.2 Å². The smallest absolute Gasteiger partial charge is 0.328 e. The number of hydrogen-bond donors (Lipinski definition) is 2. The van der Waals surface area contributed by atoms with Crippen molar-refractivity contribution in [3.63, 3.8) is 0 Å². The molecule has 126 valence electrons. The minimum atomic E-state index is -0.821. The van der Waals surface area contributed by atoms with Crippen LogP contribution >= 0.6 is 0 Å². The summed E-state index contributed by atoms with van der Waals surface area (Å²) in [4.78, 5) is 23.9. The van der Waals surface area contributed by atoms with E-state index in [0.717, 1.165) is 5.56 Å². The lowest BCUT2D eigenvalue weighted by Crippen LogP contribution is -2.47. The molecule has 0 aliphatic rings. The summed E-state index contributed by atoms with van der Waals surface area (Å²) in [7, 11) is 1.26. The number of rotatable bonds is 6. The molecule has 0 aromatic heterocycles. The fourth-order valence-corrected chi connectivity index (χ4v) is 2.21. The molecule has 2 aromatic rings. The van der Waals surface area contributed by atoms with Crippen molar-refractivity contribution in [2.75, 3.05) is 7.11 Å². The van der Waals surface area contributed by atoms with Gasteiger partial charge in [0.15, 0.2) is 0 Å². The van der Waals surface area contributed by atoms with Gasteiger partial charge >= 0.3 is 12.0 Å². The van der Waals surface area contributed by atoms with Crippen LogP contribution in [0.3, 0.4) is 0 Å². The fourth-order valence-electron chi connectivity index (χ4n) is 2.21. The maximum absolute atomic E-state index is 13.5. The average Bonchev–Trinajstić information content (AvgIpc) is 2.60. The summed E-state index contributed by atoms with van der Waals surface area (Å²) in [6, 6.07) is 14.1. The van der Waals surface area contributed by atoms with Crippen LogP contribution in [0.15, 0.2) is 54.6 Å². The second-order valence-electron chi connectivity index (χ2n) is 5.18.